The Balaban J connectivity index is 0.00000172. The van der Waals surface area contributed by atoms with Crippen LogP contribution >= 0.6 is 0 Å². The normalized spacial score (nSPS) is 21.2. The average Bonchev–Trinajstić information content (AvgIpc) is 2.41. The van der Waals surface area contributed by atoms with Crippen LogP contribution in [0.15, 0.2) is 23.3 Å². The van der Waals surface area contributed by atoms with Gasteiger partial charge in [-0.15, -0.1) is 0 Å². The second-order valence-electron chi connectivity index (χ2n) is 4.24. The SMILES string of the molecule is CO.O=C(O)C1=C(CCO)CC(CCO)(C(=O)O)C=C1. The van der Waals surface area contributed by atoms with E-state index in [0.717, 1.165) is 7.11 Å². The fraction of sp³-hybridized carbons (Fsp3) is 0.538. The highest BCUT2D eigenvalue weighted by atomic mass is 16.4. The summed E-state index contributed by atoms with van der Waals surface area (Å²) in [7, 11) is 1.00. The van der Waals surface area contributed by atoms with Crippen LogP contribution in [0.25, 0.3) is 0 Å². The van der Waals surface area contributed by atoms with E-state index in [1.807, 2.05) is 0 Å². The number of rotatable bonds is 6. The van der Waals surface area contributed by atoms with Crippen LogP contribution < -0.4 is 0 Å². The van der Waals surface area contributed by atoms with Gasteiger partial charge in [-0.2, -0.15) is 0 Å². The van der Waals surface area contributed by atoms with Crippen LogP contribution in [-0.2, 0) is 9.59 Å². The lowest BCUT2D eigenvalue weighted by Gasteiger charge is -2.30. The van der Waals surface area contributed by atoms with Crippen LogP contribution in [0.4, 0.5) is 0 Å². The summed E-state index contributed by atoms with van der Waals surface area (Å²) >= 11 is 0. The van der Waals surface area contributed by atoms with Crippen molar-refractivity contribution in [3.05, 3.63) is 23.3 Å². The molecule has 114 valence electrons. The van der Waals surface area contributed by atoms with E-state index >= 15 is 0 Å². The molecule has 0 aliphatic heterocycles. The van der Waals surface area contributed by atoms with E-state index in [1.165, 1.54) is 12.2 Å². The predicted molar refractivity (Wildman–Crippen MR) is 70.0 cm³/mol. The van der Waals surface area contributed by atoms with Crippen molar-refractivity contribution in [1.82, 2.24) is 0 Å². The Morgan fingerprint density at radius 1 is 1.20 bits per heavy atom. The lowest BCUT2D eigenvalue weighted by molar-refractivity contribution is -0.147. The van der Waals surface area contributed by atoms with E-state index in [2.05, 4.69) is 0 Å². The first kappa shape index (κ1) is 18.3. The molecule has 1 rings (SSSR count). The fourth-order valence-corrected chi connectivity index (χ4v) is 2.10. The molecule has 1 atom stereocenters. The molecule has 0 aromatic heterocycles. The largest absolute Gasteiger partial charge is 0.481 e. The van der Waals surface area contributed by atoms with Gasteiger partial charge in [0.25, 0.3) is 0 Å². The van der Waals surface area contributed by atoms with E-state index in [0.29, 0.717) is 5.57 Å². The van der Waals surface area contributed by atoms with Gasteiger partial charge >= 0.3 is 11.9 Å². The molecule has 1 aliphatic carbocycles. The number of carboxylic acids is 2. The Morgan fingerprint density at radius 2 is 1.80 bits per heavy atom. The van der Waals surface area contributed by atoms with Gasteiger partial charge in [0.1, 0.15) is 0 Å². The zero-order chi connectivity index (χ0) is 15.8. The highest BCUT2D eigenvalue weighted by Gasteiger charge is 2.39. The van der Waals surface area contributed by atoms with E-state index in [4.69, 9.17) is 20.4 Å². The molecule has 0 heterocycles. The molecular weight excluding hydrogens is 268 g/mol. The van der Waals surface area contributed by atoms with Gasteiger partial charge in [-0.1, -0.05) is 17.7 Å². The third-order valence-corrected chi connectivity index (χ3v) is 3.11. The monoisotopic (exact) mass is 288 g/mol. The minimum Gasteiger partial charge on any atom is -0.481 e. The summed E-state index contributed by atoms with van der Waals surface area (Å²) in [4.78, 5) is 22.3. The summed E-state index contributed by atoms with van der Waals surface area (Å²) in [5.41, 5.74) is -0.861. The Kier molecular flexibility index (Phi) is 7.75. The summed E-state index contributed by atoms with van der Waals surface area (Å²) in [6.07, 6.45) is 2.70. The van der Waals surface area contributed by atoms with Crippen molar-refractivity contribution in [1.29, 1.82) is 0 Å². The molecule has 0 radical (unpaired) electrons. The van der Waals surface area contributed by atoms with Crippen molar-refractivity contribution in [3.63, 3.8) is 0 Å². The lowest BCUT2D eigenvalue weighted by atomic mass is 9.73. The van der Waals surface area contributed by atoms with Crippen molar-refractivity contribution in [2.75, 3.05) is 20.3 Å². The van der Waals surface area contributed by atoms with Crippen LogP contribution in [-0.4, -0.2) is 57.8 Å². The molecule has 0 aromatic carbocycles. The van der Waals surface area contributed by atoms with Gasteiger partial charge in [0.05, 0.1) is 11.0 Å². The van der Waals surface area contributed by atoms with Gasteiger partial charge in [-0.05, 0) is 19.3 Å². The summed E-state index contributed by atoms with van der Waals surface area (Å²) in [5.74, 6) is -2.25. The Labute approximate surface area is 116 Å². The van der Waals surface area contributed by atoms with Crippen LogP contribution in [0.1, 0.15) is 19.3 Å². The van der Waals surface area contributed by atoms with E-state index in [9.17, 15) is 14.7 Å². The molecule has 1 aliphatic rings. The molecule has 0 saturated carbocycles. The Morgan fingerprint density at radius 3 is 2.20 bits per heavy atom. The van der Waals surface area contributed by atoms with E-state index in [-0.39, 0.29) is 38.0 Å². The predicted octanol–water partition coefficient (Wildman–Crippen LogP) is -0.228. The molecule has 0 amide bonds. The third-order valence-electron chi connectivity index (χ3n) is 3.11. The molecule has 7 nitrogen and oxygen atoms in total. The maximum Gasteiger partial charge on any atom is 0.335 e. The molecule has 0 spiro atoms. The fourth-order valence-electron chi connectivity index (χ4n) is 2.10. The van der Waals surface area contributed by atoms with Crippen molar-refractivity contribution >= 4 is 11.9 Å². The smallest absolute Gasteiger partial charge is 0.335 e. The first-order chi connectivity index (χ1) is 9.46. The number of hydrogen-bond donors (Lipinski definition) is 5. The number of aliphatic carboxylic acids is 2. The maximum atomic E-state index is 11.3. The lowest BCUT2D eigenvalue weighted by Crippen LogP contribution is -2.33. The minimum absolute atomic E-state index is 0.00157. The number of hydrogen-bond acceptors (Lipinski definition) is 5. The highest BCUT2D eigenvalue weighted by molar-refractivity contribution is 5.92. The first-order valence-electron chi connectivity index (χ1n) is 6.01. The standard InChI is InChI=1S/C12H16O6.CH4O/c13-5-2-8-7-12(4-6-14,11(17)18)3-1-9(8)10(15)16;1-2/h1,3,13-14H,2,4-7H2,(H,15,16)(H,17,18);2H,1H3. The second-order valence-corrected chi connectivity index (χ2v) is 4.24. The van der Waals surface area contributed by atoms with Crippen molar-refractivity contribution in [3.8, 4) is 0 Å². The van der Waals surface area contributed by atoms with Gasteiger partial charge in [-0.25, -0.2) is 4.79 Å². The molecule has 1 unspecified atom stereocenters. The summed E-state index contributed by atoms with van der Waals surface area (Å²) in [6, 6.07) is 0. The summed E-state index contributed by atoms with van der Waals surface area (Å²) in [6.45, 7) is -0.541. The first-order valence-corrected chi connectivity index (χ1v) is 6.01. The van der Waals surface area contributed by atoms with Crippen LogP contribution in [0.3, 0.4) is 0 Å². The number of aliphatic hydroxyl groups excluding tert-OH is 3. The zero-order valence-corrected chi connectivity index (χ0v) is 11.2. The van der Waals surface area contributed by atoms with E-state index in [1.54, 1.807) is 0 Å². The number of carbonyl (C=O) groups is 2. The van der Waals surface area contributed by atoms with Crippen LogP contribution in [0, 0.1) is 5.41 Å². The Hall–Kier alpha value is -1.70. The molecule has 7 heteroatoms. The highest BCUT2D eigenvalue weighted by Crippen LogP contribution is 2.38. The summed E-state index contributed by atoms with van der Waals surface area (Å²) < 4.78 is 0. The Bertz CT molecular complexity index is 411. The van der Waals surface area contributed by atoms with Gasteiger partial charge in [0.2, 0.25) is 0 Å². The summed E-state index contributed by atoms with van der Waals surface area (Å²) in [5, 5.41) is 43.1. The molecule has 0 saturated heterocycles. The van der Waals surface area contributed by atoms with Crippen molar-refractivity contribution in [2.45, 2.75) is 19.3 Å². The average molecular weight is 288 g/mol. The van der Waals surface area contributed by atoms with Crippen LogP contribution in [0.5, 0.6) is 0 Å². The molecule has 0 aromatic rings. The zero-order valence-electron chi connectivity index (χ0n) is 11.2. The van der Waals surface area contributed by atoms with Gasteiger partial charge in [0.15, 0.2) is 0 Å². The quantitative estimate of drug-likeness (QED) is 0.455. The molecule has 0 bridgehead atoms. The molecule has 0 fully saturated rings. The van der Waals surface area contributed by atoms with E-state index < -0.39 is 17.4 Å². The second kappa shape index (κ2) is 8.47. The molecular formula is C13H20O7. The van der Waals surface area contributed by atoms with Gasteiger partial charge in [-0.3, -0.25) is 4.79 Å². The minimum atomic E-state index is -1.28. The van der Waals surface area contributed by atoms with Gasteiger partial charge < -0.3 is 25.5 Å². The third kappa shape index (κ3) is 4.16. The van der Waals surface area contributed by atoms with Crippen molar-refractivity contribution in [2.24, 2.45) is 5.41 Å². The molecule has 5 N–H and O–H groups in total. The van der Waals surface area contributed by atoms with Crippen molar-refractivity contribution < 1.29 is 35.1 Å². The molecule has 20 heavy (non-hydrogen) atoms. The number of aliphatic hydroxyl groups is 3. The van der Waals surface area contributed by atoms with Gasteiger partial charge in [0, 0.05) is 20.3 Å². The topological polar surface area (TPSA) is 135 Å². The number of carboxylic acid groups (broad SMARTS) is 2. The van der Waals surface area contributed by atoms with Crippen LogP contribution in [0.2, 0.25) is 0 Å². The maximum absolute atomic E-state index is 11.3.